The molecule has 0 amide bonds. The predicted octanol–water partition coefficient (Wildman–Crippen LogP) is 5.94. The lowest BCUT2D eigenvalue weighted by atomic mass is 9.94. The van der Waals surface area contributed by atoms with Crippen LogP contribution in [-0.2, 0) is 6.54 Å². The van der Waals surface area contributed by atoms with Crippen LogP contribution in [0.15, 0.2) is 84.9 Å². The van der Waals surface area contributed by atoms with Gasteiger partial charge in [-0.15, -0.1) is 0 Å². The molecule has 0 aliphatic rings. The van der Waals surface area contributed by atoms with E-state index in [9.17, 15) is 0 Å². The van der Waals surface area contributed by atoms with E-state index >= 15 is 0 Å². The van der Waals surface area contributed by atoms with E-state index in [2.05, 4.69) is 91.9 Å². The largest absolute Gasteiger partial charge is 0.326 e. The van der Waals surface area contributed by atoms with Gasteiger partial charge >= 0.3 is 0 Å². The minimum absolute atomic E-state index is 0.581. The highest BCUT2D eigenvalue weighted by Crippen LogP contribution is 2.32. The lowest BCUT2D eigenvalue weighted by Gasteiger charge is -2.10. The molecule has 122 valence electrons. The van der Waals surface area contributed by atoms with Gasteiger partial charge in [-0.25, -0.2) is 0 Å². The van der Waals surface area contributed by atoms with Gasteiger partial charge < -0.3 is 5.73 Å². The number of benzene rings is 4. The molecule has 1 heteroatoms. The lowest BCUT2D eigenvalue weighted by Crippen LogP contribution is -1.95. The topological polar surface area (TPSA) is 26.0 Å². The molecule has 0 aliphatic heterocycles. The molecule has 0 radical (unpaired) electrons. The predicted molar refractivity (Wildman–Crippen MR) is 107 cm³/mol. The molecule has 0 aliphatic carbocycles. The molecule has 1 nitrogen and oxygen atoms in total. The standard InChI is InChI=1S/C24H21N/c1-17-5-9-20(10-6-17)23-4-2-3-22-15-21(13-14-24(22)23)19-11-7-18(16-25)8-12-19/h2-15H,16,25H2,1H3. The molecular formula is C24H21N. The van der Waals surface area contributed by atoms with Gasteiger partial charge in [-0.3, -0.25) is 0 Å². The van der Waals surface area contributed by atoms with E-state index in [1.165, 1.54) is 38.6 Å². The summed E-state index contributed by atoms with van der Waals surface area (Å²) in [5, 5.41) is 2.55. The molecule has 2 N–H and O–H groups in total. The van der Waals surface area contributed by atoms with Crippen LogP contribution in [0.2, 0.25) is 0 Å². The fourth-order valence-electron chi connectivity index (χ4n) is 3.28. The SMILES string of the molecule is Cc1ccc(-c2cccc3cc(-c4ccc(CN)cc4)ccc23)cc1. The molecule has 25 heavy (non-hydrogen) atoms. The monoisotopic (exact) mass is 323 g/mol. The molecule has 0 heterocycles. The van der Waals surface area contributed by atoms with E-state index in [-0.39, 0.29) is 0 Å². The first-order valence-corrected chi connectivity index (χ1v) is 8.64. The zero-order valence-corrected chi connectivity index (χ0v) is 14.4. The average Bonchev–Trinajstić information content (AvgIpc) is 2.68. The maximum absolute atomic E-state index is 5.69. The second kappa shape index (κ2) is 6.54. The Morgan fingerprint density at radius 3 is 2.08 bits per heavy atom. The average molecular weight is 323 g/mol. The summed E-state index contributed by atoms with van der Waals surface area (Å²) in [5.74, 6) is 0. The van der Waals surface area contributed by atoms with E-state index in [0.717, 1.165) is 5.56 Å². The molecule has 4 rings (SSSR count). The molecule has 0 fully saturated rings. The minimum Gasteiger partial charge on any atom is -0.326 e. The quantitative estimate of drug-likeness (QED) is 0.496. The summed E-state index contributed by atoms with van der Waals surface area (Å²) in [6.45, 7) is 2.70. The van der Waals surface area contributed by atoms with Crippen molar-refractivity contribution in [3.8, 4) is 22.3 Å². The Morgan fingerprint density at radius 2 is 1.36 bits per heavy atom. The number of rotatable bonds is 3. The van der Waals surface area contributed by atoms with Crippen molar-refractivity contribution in [2.45, 2.75) is 13.5 Å². The van der Waals surface area contributed by atoms with Crippen LogP contribution in [-0.4, -0.2) is 0 Å². The fraction of sp³-hybridized carbons (Fsp3) is 0.0833. The molecule has 0 unspecified atom stereocenters. The van der Waals surface area contributed by atoms with Crippen molar-refractivity contribution in [3.05, 3.63) is 96.1 Å². The number of fused-ring (bicyclic) bond motifs is 1. The van der Waals surface area contributed by atoms with Crippen LogP contribution in [0.3, 0.4) is 0 Å². The van der Waals surface area contributed by atoms with E-state index in [1.54, 1.807) is 0 Å². The smallest absolute Gasteiger partial charge is 0.0178 e. The Morgan fingerprint density at radius 1 is 0.680 bits per heavy atom. The van der Waals surface area contributed by atoms with Crippen LogP contribution in [0.4, 0.5) is 0 Å². The molecule has 0 atom stereocenters. The van der Waals surface area contributed by atoms with Crippen LogP contribution < -0.4 is 5.73 Å². The third-order valence-corrected chi connectivity index (χ3v) is 4.77. The minimum atomic E-state index is 0.581. The number of hydrogen-bond donors (Lipinski definition) is 1. The van der Waals surface area contributed by atoms with Crippen molar-refractivity contribution in [2.75, 3.05) is 0 Å². The van der Waals surface area contributed by atoms with Gasteiger partial charge in [-0.05, 0) is 51.6 Å². The molecular weight excluding hydrogens is 302 g/mol. The Balaban J connectivity index is 1.80. The van der Waals surface area contributed by atoms with Crippen molar-refractivity contribution in [1.29, 1.82) is 0 Å². The molecule has 0 saturated carbocycles. The van der Waals surface area contributed by atoms with Crippen molar-refractivity contribution < 1.29 is 0 Å². The summed E-state index contributed by atoms with van der Waals surface area (Å²) in [4.78, 5) is 0. The summed E-state index contributed by atoms with van der Waals surface area (Å²) >= 11 is 0. The molecule has 0 bridgehead atoms. The highest BCUT2D eigenvalue weighted by Gasteiger charge is 2.06. The highest BCUT2D eigenvalue weighted by atomic mass is 14.5. The normalized spacial score (nSPS) is 11.0. The summed E-state index contributed by atoms with van der Waals surface area (Å²) in [7, 11) is 0. The molecule has 4 aromatic carbocycles. The van der Waals surface area contributed by atoms with E-state index in [1.807, 2.05) is 0 Å². The van der Waals surface area contributed by atoms with Crippen molar-refractivity contribution in [3.63, 3.8) is 0 Å². The fourth-order valence-corrected chi connectivity index (χ4v) is 3.28. The van der Waals surface area contributed by atoms with E-state index in [0.29, 0.717) is 6.54 Å². The highest BCUT2D eigenvalue weighted by molar-refractivity contribution is 5.98. The van der Waals surface area contributed by atoms with Gasteiger partial charge in [0.2, 0.25) is 0 Å². The van der Waals surface area contributed by atoms with Crippen molar-refractivity contribution in [2.24, 2.45) is 5.73 Å². The summed E-state index contributed by atoms with van der Waals surface area (Å²) in [6, 6.07) is 30.5. The van der Waals surface area contributed by atoms with Gasteiger partial charge in [0.1, 0.15) is 0 Å². The number of aryl methyl sites for hydroxylation is 1. The Labute approximate surface area is 148 Å². The third kappa shape index (κ3) is 3.07. The van der Waals surface area contributed by atoms with Crippen LogP contribution in [0.5, 0.6) is 0 Å². The van der Waals surface area contributed by atoms with Crippen LogP contribution in [0, 0.1) is 6.92 Å². The molecule has 0 aromatic heterocycles. The maximum Gasteiger partial charge on any atom is 0.0178 e. The van der Waals surface area contributed by atoms with Crippen LogP contribution in [0.25, 0.3) is 33.0 Å². The zero-order chi connectivity index (χ0) is 17.2. The van der Waals surface area contributed by atoms with Gasteiger partial charge in [0.15, 0.2) is 0 Å². The van der Waals surface area contributed by atoms with Gasteiger partial charge in [0.05, 0.1) is 0 Å². The zero-order valence-electron chi connectivity index (χ0n) is 14.4. The first-order valence-electron chi connectivity index (χ1n) is 8.64. The molecule has 0 spiro atoms. The maximum atomic E-state index is 5.69. The summed E-state index contributed by atoms with van der Waals surface area (Å²) in [6.07, 6.45) is 0. The van der Waals surface area contributed by atoms with Gasteiger partial charge in [-0.1, -0.05) is 84.4 Å². The first kappa shape index (κ1) is 15.6. The Hall–Kier alpha value is -2.90. The Bertz CT molecular complexity index is 1010. The van der Waals surface area contributed by atoms with E-state index in [4.69, 9.17) is 5.73 Å². The van der Waals surface area contributed by atoms with Crippen LogP contribution in [0.1, 0.15) is 11.1 Å². The second-order valence-corrected chi connectivity index (χ2v) is 6.51. The van der Waals surface area contributed by atoms with Gasteiger partial charge in [-0.2, -0.15) is 0 Å². The van der Waals surface area contributed by atoms with Gasteiger partial charge in [0, 0.05) is 6.54 Å². The molecule has 0 saturated heterocycles. The first-order chi connectivity index (χ1) is 12.2. The van der Waals surface area contributed by atoms with E-state index < -0.39 is 0 Å². The Kier molecular flexibility index (Phi) is 4.09. The van der Waals surface area contributed by atoms with Gasteiger partial charge in [0.25, 0.3) is 0 Å². The molecule has 4 aromatic rings. The second-order valence-electron chi connectivity index (χ2n) is 6.51. The summed E-state index contributed by atoms with van der Waals surface area (Å²) in [5.41, 5.74) is 13.1. The van der Waals surface area contributed by atoms with Crippen molar-refractivity contribution in [1.82, 2.24) is 0 Å². The van der Waals surface area contributed by atoms with Crippen molar-refractivity contribution >= 4 is 10.8 Å². The summed E-state index contributed by atoms with van der Waals surface area (Å²) < 4.78 is 0. The number of hydrogen-bond acceptors (Lipinski definition) is 1. The number of nitrogens with two attached hydrogens (primary N) is 1. The third-order valence-electron chi connectivity index (χ3n) is 4.77. The lowest BCUT2D eigenvalue weighted by molar-refractivity contribution is 1.07. The van der Waals surface area contributed by atoms with Crippen LogP contribution >= 0.6 is 0 Å².